The standard InChI is InChI=1S/C26H38O7/c1-24(2,3)32-22(29)26(23(30)33-25(4,5)6,18-14-10-8-9-11-16-20-27)19-15-12-13-17-21(28)31-7/h8-10,12,14-15,27H,13,17-20H2,1-7H3/b9-8+,14-10+,15-12+. The molecule has 0 saturated heterocycles. The van der Waals surface area contributed by atoms with Crippen LogP contribution in [0.15, 0.2) is 36.5 Å². The monoisotopic (exact) mass is 462 g/mol. The summed E-state index contributed by atoms with van der Waals surface area (Å²) in [5.41, 5.74) is -3.21. The highest BCUT2D eigenvalue weighted by Gasteiger charge is 2.49. The predicted octanol–water partition coefficient (Wildman–Crippen LogP) is 4.05. The topological polar surface area (TPSA) is 99.1 Å². The fourth-order valence-corrected chi connectivity index (χ4v) is 2.51. The van der Waals surface area contributed by atoms with Crippen molar-refractivity contribution in [3.05, 3.63) is 36.5 Å². The Morgan fingerprint density at radius 3 is 1.88 bits per heavy atom. The van der Waals surface area contributed by atoms with Crippen LogP contribution in [0, 0.1) is 17.3 Å². The van der Waals surface area contributed by atoms with Crippen molar-refractivity contribution in [2.45, 2.75) is 78.4 Å². The van der Waals surface area contributed by atoms with Crippen molar-refractivity contribution in [2.24, 2.45) is 5.41 Å². The molecule has 0 aliphatic heterocycles. The minimum atomic E-state index is -1.61. The second-order valence-electron chi connectivity index (χ2n) is 9.35. The maximum absolute atomic E-state index is 13.3. The van der Waals surface area contributed by atoms with E-state index in [1.165, 1.54) is 7.11 Å². The third-order valence-corrected chi connectivity index (χ3v) is 4.03. The number of carbonyl (C=O) groups excluding carboxylic acids is 3. The first-order chi connectivity index (χ1) is 15.3. The minimum Gasteiger partial charge on any atom is -0.469 e. The van der Waals surface area contributed by atoms with E-state index in [-0.39, 0.29) is 31.8 Å². The molecule has 184 valence electrons. The molecule has 0 aromatic heterocycles. The first kappa shape index (κ1) is 30.1. The quantitative estimate of drug-likeness (QED) is 0.131. The summed E-state index contributed by atoms with van der Waals surface area (Å²) in [6, 6.07) is 0. The summed E-state index contributed by atoms with van der Waals surface area (Å²) in [5, 5.41) is 8.69. The molecular weight excluding hydrogens is 424 g/mol. The van der Waals surface area contributed by atoms with Crippen molar-refractivity contribution in [3.8, 4) is 11.8 Å². The van der Waals surface area contributed by atoms with Crippen molar-refractivity contribution in [3.63, 3.8) is 0 Å². The van der Waals surface area contributed by atoms with Gasteiger partial charge in [-0.3, -0.25) is 14.4 Å². The molecule has 0 aliphatic rings. The molecule has 7 nitrogen and oxygen atoms in total. The SMILES string of the molecule is COC(=O)CC/C=C/CC(C/C=C/C=C/C#CCO)(C(=O)OC(C)(C)C)C(=O)OC(C)(C)C. The molecule has 0 rings (SSSR count). The van der Waals surface area contributed by atoms with Gasteiger partial charge >= 0.3 is 17.9 Å². The van der Waals surface area contributed by atoms with Crippen LogP contribution in [0.2, 0.25) is 0 Å². The number of rotatable bonds is 10. The number of allylic oxidation sites excluding steroid dienone is 6. The molecule has 0 aliphatic carbocycles. The molecule has 0 aromatic carbocycles. The van der Waals surface area contributed by atoms with E-state index in [1.807, 2.05) is 0 Å². The molecule has 1 N–H and O–H groups in total. The lowest BCUT2D eigenvalue weighted by Crippen LogP contribution is -2.46. The van der Waals surface area contributed by atoms with Gasteiger partial charge in [-0.05, 0) is 66.9 Å². The second-order valence-corrected chi connectivity index (χ2v) is 9.35. The van der Waals surface area contributed by atoms with E-state index < -0.39 is 28.6 Å². The zero-order valence-electron chi connectivity index (χ0n) is 20.9. The second kappa shape index (κ2) is 14.3. The highest BCUT2D eigenvalue weighted by Crippen LogP contribution is 2.35. The number of ether oxygens (including phenoxy) is 3. The van der Waals surface area contributed by atoms with Crippen molar-refractivity contribution in [1.82, 2.24) is 0 Å². The first-order valence-electron chi connectivity index (χ1n) is 10.9. The molecule has 0 aromatic rings. The van der Waals surface area contributed by atoms with E-state index in [2.05, 4.69) is 16.6 Å². The molecule has 0 spiro atoms. The Hall–Kier alpha value is -2.85. The number of carbonyl (C=O) groups is 3. The molecule has 0 radical (unpaired) electrons. The molecule has 33 heavy (non-hydrogen) atoms. The van der Waals surface area contributed by atoms with Gasteiger partial charge < -0.3 is 19.3 Å². The van der Waals surface area contributed by atoms with Crippen LogP contribution >= 0.6 is 0 Å². The number of methoxy groups -OCH3 is 1. The van der Waals surface area contributed by atoms with E-state index in [9.17, 15) is 14.4 Å². The van der Waals surface area contributed by atoms with Crippen molar-refractivity contribution in [1.29, 1.82) is 0 Å². The van der Waals surface area contributed by atoms with Crippen LogP contribution in [-0.4, -0.2) is 47.9 Å². The summed E-state index contributed by atoms with van der Waals surface area (Å²) in [6.45, 7) is 10.1. The summed E-state index contributed by atoms with van der Waals surface area (Å²) < 4.78 is 15.8. The zero-order valence-corrected chi connectivity index (χ0v) is 20.9. The summed E-state index contributed by atoms with van der Waals surface area (Å²) >= 11 is 0. The van der Waals surface area contributed by atoms with Gasteiger partial charge in [-0.2, -0.15) is 0 Å². The van der Waals surface area contributed by atoms with Gasteiger partial charge in [-0.1, -0.05) is 42.2 Å². The molecule has 0 atom stereocenters. The number of aliphatic hydroxyl groups is 1. The van der Waals surface area contributed by atoms with Crippen LogP contribution in [0.3, 0.4) is 0 Å². The Kier molecular flexibility index (Phi) is 13.1. The van der Waals surface area contributed by atoms with Crippen LogP contribution < -0.4 is 0 Å². The van der Waals surface area contributed by atoms with Gasteiger partial charge in [0.15, 0.2) is 5.41 Å². The maximum atomic E-state index is 13.3. The van der Waals surface area contributed by atoms with Crippen LogP contribution in [0.5, 0.6) is 0 Å². The van der Waals surface area contributed by atoms with E-state index in [1.54, 1.807) is 78.0 Å². The van der Waals surface area contributed by atoms with Crippen molar-refractivity contribution < 1.29 is 33.7 Å². The lowest BCUT2D eigenvalue weighted by Gasteiger charge is -2.33. The molecular formula is C26H38O7. The summed E-state index contributed by atoms with van der Waals surface area (Å²) in [6.07, 6.45) is 10.6. The van der Waals surface area contributed by atoms with Crippen LogP contribution in [0.1, 0.15) is 67.2 Å². The Balaban J connectivity index is 6.00. The molecule has 0 amide bonds. The van der Waals surface area contributed by atoms with Gasteiger partial charge in [0.2, 0.25) is 0 Å². The lowest BCUT2D eigenvalue weighted by molar-refractivity contribution is -0.185. The predicted molar refractivity (Wildman–Crippen MR) is 127 cm³/mol. The van der Waals surface area contributed by atoms with Gasteiger partial charge in [0.1, 0.15) is 17.8 Å². The number of aliphatic hydroxyl groups excluding tert-OH is 1. The highest BCUT2D eigenvalue weighted by molar-refractivity contribution is 6.00. The first-order valence-corrected chi connectivity index (χ1v) is 10.9. The Bertz CT molecular complexity index is 765. The summed E-state index contributed by atoms with van der Waals surface area (Å²) in [7, 11) is 1.32. The van der Waals surface area contributed by atoms with Crippen molar-refractivity contribution >= 4 is 17.9 Å². The molecule has 0 fully saturated rings. The van der Waals surface area contributed by atoms with Gasteiger partial charge in [0.25, 0.3) is 0 Å². The normalized spacial score (nSPS) is 12.6. The lowest BCUT2D eigenvalue weighted by atomic mass is 9.80. The molecule has 7 heteroatoms. The fourth-order valence-electron chi connectivity index (χ4n) is 2.51. The Labute approximate surface area is 197 Å². The molecule has 0 bridgehead atoms. The summed E-state index contributed by atoms with van der Waals surface area (Å²) in [5.74, 6) is 3.42. The van der Waals surface area contributed by atoms with Crippen LogP contribution in [0.25, 0.3) is 0 Å². The average Bonchev–Trinajstić information content (AvgIpc) is 2.68. The third kappa shape index (κ3) is 13.3. The number of hydrogen-bond acceptors (Lipinski definition) is 7. The molecule has 0 unspecified atom stereocenters. The zero-order chi connectivity index (χ0) is 25.5. The smallest absolute Gasteiger partial charge is 0.324 e. The maximum Gasteiger partial charge on any atom is 0.324 e. The van der Waals surface area contributed by atoms with E-state index in [0.717, 1.165) is 0 Å². The molecule has 0 heterocycles. The average molecular weight is 463 g/mol. The van der Waals surface area contributed by atoms with Gasteiger partial charge in [-0.25, -0.2) is 0 Å². The minimum absolute atomic E-state index is 0.0376. The fraction of sp³-hybridized carbons (Fsp3) is 0.577. The molecule has 0 saturated carbocycles. The summed E-state index contributed by atoms with van der Waals surface area (Å²) in [4.78, 5) is 37.9. The Morgan fingerprint density at radius 1 is 0.848 bits per heavy atom. The van der Waals surface area contributed by atoms with Crippen molar-refractivity contribution in [2.75, 3.05) is 13.7 Å². The van der Waals surface area contributed by atoms with E-state index in [0.29, 0.717) is 6.42 Å². The number of esters is 3. The van der Waals surface area contributed by atoms with Crippen LogP contribution in [-0.2, 0) is 28.6 Å². The highest BCUT2D eigenvalue weighted by atomic mass is 16.6. The van der Waals surface area contributed by atoms with Gasteiger partial charge in [0, 0.05) is 6.42 Å². The number of hydrogen-bond donors (Lipinski definition) is 1. The van der Waals surface area contributed by atoms with Crippen LogP contribution in [0.4, 0.5) is 0 Å². The Morgan fingerprint density at radius 2 is 1.39 bits per heavy atom. The van der Waals surface area contributed by atoms with E-state index in [4.69, 9.17) is 14.6 Å². The van der Waals surface area contributed by atoms with Gasteiger partial charge in [-0.15, -0.1) is 0 Å². The third-order valence-electron chi connectivity index (χ3n) is 4.03. The van der Waals surface area contributed by atoms with E-state index >= 15 is 0 Å². The van der Waals surface area contributed by atoms with Gasteiger partial charge in [0.05, 0.1) is 7.11 Å². The largest absolute Gasteiger partial charge is 0.469 e.